The van der Waals surface area contributed by atoms with E-state index in [0.29, 0.717) is 0 Å². The summed E-state index contributed by atoms with van der Waals surface area (Å²) in [4.78, 5) is 10.2. The van der Waals surface area contributed by atoms with Crippen LogP contribution in [0.3, 0.4) is 0 Å². The largest absolute Gasteiger partial charge is 0.357 e. The third-order valence-corrected chi connectivity index (χ3v) is 3.15. The highest BCUT2D eigenvalue weighted by atomic mass is 32.2. The van der Waals surface area contributed by atoms with Crippen molar-refractivity contribution in [2.45, 2.75) is 4.90 Å². The number of halogens is 1. The summed E-state index contributed by atoms with van der Waals surface area (Å²) in [5.41, 5.74) is 0.0163. The third-order valence-electron chi connectivity index (χ3n) is 2.24. The van der Waals surface area contributed by atoms with Crippen molar-refractivity contribution >= 4 is 27.7 Å². The molecular weight excluding hydrogens is 289 g/mol. The zero-order valence-corrected chi connectivity index (χ0v) is 11.0. The normalized spacial score (nSPS) is 11.2. The van der Waals surface area contributed by atoms with Crippen molar-refractivity contribution in [1.29, 1.82) is 0 Å². The SMILES string of the molecule is CNc1nc(F)nc(Nc2ccccc2S(=O)(=O)O)n1. The Hall–Kier alpha value is -2.33. The summed E-state index contributed by atoms with van der Waals surface area (Å²) in [6.07, 6.45) is -1.03. The first-order valence-electron chi connectivity index (χ1n) is 5.33. The molecule has 20 heavy (non-hydrogen) atoms. The Morgan fingerprint density at radius 3 is 2.45 bits per heavy atom. The Balaban J connectivity index is 2.43. The molecule has 0 bridgehead atoms. The maximum atomic E-state index is 13.1. The van der Waals surface area contributed by atoms with Gasteiger partial charge in [-0.2, -0.15) is 27.8 Å². The van der Waals surface area contributed by atoms with Gasteiger partial charge in [0.15, 0.2) is 0 Å². The summed E-state index contributed by atoms with van der Waals surface area (Å²) in [6, 6.07) is 5.53. The minimum Gasteiger partial charge on any atom is -0.357 e. The van der Waals surface area contributed by atoms with E-state index >= 15 is 0 Å². The molecule has 0 spiro atoms. The highest BCUT2D eigenvalue weighted by Gasteiger charge is 2.16. The molecule has 10 heteroatoms. The average Bonchev–Trinajstić information content (AvgIpc) is 2.37. The summed E-state index contributed by atoms with van der Waals surface area (Å²) in [5, 5.41) is 5.04. The number of nitrogens with zero attached hydrogens (tertiary/aromatic N) is 3. The van der Waals surface area contributed by atoms with Crippen LogP contribution in [0.25, 0.3) is 0 Å². The molecule has 0 aliphatic heterocycles. The second-order valence-corrected chi connectivity index (χ2v) is 4.99. The fraction of sp³-hybridized carbons (Fsp3) is 0.100. The number of hydrogen-bond donors (Lipinski definition) is 3. The lowest BCUT2D eigenvalue weighted by atomic mass is 10.3. The molecule has 0 aliphatic rings. The van der Waals surface area contributed by atoms with Crippen LogP contribution >= 0.6 is 0 Å². The van der Waals surface area contributed by atoms with E-state index in [4.69, 9.17) is 4.55 Å². The Labute approximate surface area is 113 Å². The van der Waals surface area contributed by atoms with Crippen LogP contribution in [0, 0.1) is 6.08 Å². The molecule has 2 aromatic rings. The Morgan fingerprint density at radius 1 is 1.15 bits per heavy atom. The van der Waals surface area contributed by atoms with Crippen molar-refractivity contribution in [3.05, 3.63) is 30.3 Å². The van der Waals surface area contributed by atoms with Gasteiger partial charge in [0.25, 0.3) is 10.1 Å². The van der Waals surface area contributed by atoms with Crippen molar-refractivity contribution in [3.63, 3.8) is 0 Å². The number of benzene rings is 1. The lowest BCUT2D eigenvalue weighted by Crippen LogP contribution is -2.08. The van der Waals surface area contributed by atoms with Gasteiger partial charge in [-0.3, -0.25) is 4.55 Å². The first-order chi connectivity index (χ1) is 9.40. The van der Waals surface area contributed by atoms with Crippen LogP contribution in [-0.4, -0.2) is 35.0 Å². The van der Waals surface area contributed by atoms with Crippen LogP contribution in [-0.2, 0) is 10.1 Å². The van der Waals surface area contributed by atoms with Crippen LogP contribution in [0.5, 0.6) is 0 Å². The van der Waals surface area contributed by atoms with Gasteiger partial charge in [-0.25, -0.2) is 0 Å². The van der Waals surface area contributed by atoms with Crippen LogP contribution in [0.2, 0.25) is 0 Å². The van der Waals surface area contributed by atoms with Crippen LogP contribution in [0.4, 0.5) is 22.0 Å². The van der Waals surface area contributed by atoms with Crippen LogP contribution in [0.15, 0.2) is 29.2 Å². The molecule has 3 N–H and O–H groups in total. The summed E-state index contributed by atoms with van der Waals surface area (Å²) in [6.45, 7) is 0. The van der Waals surface area contributed by atoms with Crippen molar-refractivity contribution in [3.8, 4) is 0 Å². The molecule has 1 heterocycles. The van der Waals surface area contributed by atoms with Gasteiger partial charge in [0.1, 0.15) is 4.90 Å². The van der Waals surface area contributed by atoms with E-state index < -0.39 is 16.2 Å². The van der Waals surface area contributed by atoms with Crippen LogP contribution < -0.4 is 10.6 Å². The third kappa shape index (κ3) is 3.16. The molecule has 2 rings (SSSR count). The predicted octanol–water partition coefficient (Wildman–Crippen LogP) is 1.04. The molecule has 0 fully saturated rings. The van der Waals surface area contributed by atoms with Gasteiger partial charge in [0.2, 0.25) is 11.9 Å². The van der Waals surface area contributed by atoms with Crippen molar-refractivity contribution in [1.82, 2.24) is 15.0 Å². The van der Waals surface area contributed by atoms with Gasteiger partial charge in [-0.1, -0.05) is 12.1 Å². The van der Waals surface area contributed by atoms with Crippen molar-refractivity contribution in [2.75, 3.05) is 17.7 Å². The summed E-state index contributed by atoms with van der Waals surface area (Å²) in [5.74, 6) is -0.220. The molecule has 0 radical (unpaired) electrons. The zero-order valence-electron chi connectivity index (χ0n) is 10.2. The van der Waals surface area contributed by atoms with Crippen molar-refractivity contribution in [2.24, 2.45) is 0 Å². The number of nitrogens with one attached hydrogen (secondary N) is 2. The minimum absolute atomic E-state index is 0.0163. The summed E-state index contributed by atoms with van der Waals surface area (Å²) >= 11 is 0. The van der Waals surface area contributed by atoms with Gasteiger partial charge < -0.3 is 10.6 Å². The molecule has 0 saturated heterocycles. The van der Waals surface area contributed by atoms with Crippen molar-refractivity contribution < 1.29 is 17.4 Å². The second-order valence-electron chi connectivity index (χ2n) is 3.60. The van der Waals surface area contributed by atoms with E-state index in [0.717, 1.165) is 0 Å². The van der Waals surface area contributed by atoms with Gasteiger partial charge in [0.05, 0.1) is 5.69 Å². The van der Waals surface area contributed by atoms with E-state index in [1.54, 1.807) is 0 Å². The number of rotatable bonds is 4. The molecular formula is C10H10FN5O3S. The van der Waals surface area contributed by atoms with E-state index in [-0.39, 0.29) is 22.5 Å². The average molecular weight is 299 g/mol. The van der Waals surface area contributed by atoms with Gasteiger partial charge >= 0.3 is 6.08 Å². The maximum absolute atomic E-state index is 13.1. The number of hydrogen-bond acceptors (Lipinski definition) is 7. The fourth-order valence-electron chi connectivity index (χ4n) is 1.43. The lowest BCUT2D eigenvalue weighted by Gasteiger charge is -2.09. The molecule has 106 valence electrons. The zero-order chi connectivity index (χ0) is 14.8. The molecule has 0 unspecified atom stereocenters. The standard InChI is InChI=1S/C10H10FN5O3S/c1-12-9-14-8(11)15-10(16-9)13-6-4-2-3-5-7(6)20(17,18)19/h2-5H,1H3,(H,17,18,19)(H2,12,13,14,15,16). The first-order valence-corrected chi connectivity index (χ1v) is 6.77. The molecule has 0 atom stereocenters. The monoisotopic (exact) mass is 299 g/mol. The van der Waals surface area contributed by atoms with E-state index in [1.807, 2.05) is 0 Å². The maximum Gasteiger partial charge on any atom is 0.315 e. The molecule has 8 nitrogen and oxygen atoms in total. The molecule has 0 saturated carbocycles. The van der Waals surface area contributed by atoms with E-state index in [9.17, 15) is 12.8 Å². The van der Waals surface area contributed by atoms with Gasteiger partial charge in [-0.15, -0.1) is 0 Å². The number of anilines is 3. The topological polar surface area (TPSA) is 117 Å². The number of aromatic nitrogens is 3. The van der Waals surface area contributed by atoms with Crippen LogP contribution in [0.1, 0.15) is 0 Å². The molecule has 1 aromatic carbocycles. The summed E-state index contributed by atoms with van der Waals surface area (Å²) in [7, 11) is -2.93. The molecule has 1 aromatic heterocycles. The lowest BCUT2D eigenvalue weighted by molar-refractivity contribution is 0.483. The Bertz CT molecular complexity index is 737. The Kier molecular flexibility index (Phi) is 3.77. The first kappa shape index (κ1) is 14.1. The summed E-state index contributed by atoms with van der Waals surface area (Å²) < 4.78 is 44.7. The fourth-order valence-corrected chi connectivity index (χ4v) is 2.08. The van der Waals surface area contributed by atoms with Gasteiger partial charge in [0, 0.05) is 7.05 Å². The molecule has 0 amide bonds. The Morgan fingerprint density at radius 2 is 1.80 bits per heavy atom. The quantitative estimate of drug-likeness (QED) is 0.717. The highest BCUT2D eigenvalue weighted by Crippen LogP contribution is 2.23. The minimum atomic E-state index is -4.42. The predicted molar refractivity (Wildman–Crippen MR) is 68.9 cm³/mol. The van der Waals surface area contributed by atoms with E-state index in [2.05, 4.69) is 25.6 Å². The van der Waals surface area contributed by atoms with Gasteiger partial charge in [-0.05, 0) is 12.1 Å². The number of para-hydroxylation sites is 1. The smallest absolute Gasteiger partial charge is 0.315 e. The highest BCUT2D eigenvalue weighted by molar-refractivity contribution is 7.86. The van der Waals surface area contributed by atoms with E-state index in [1.165, 1.54) is 31.3 Å². The molecule has 0 aliphatic carbocycles. The second kappa shape index (κ2) is 5.35.